The molecule has 0 aliphatic carbocycles. The monoisotopic (exact) mass is 671 g/mol. The Bertz CT molecular complexity index is 1220. The van der Waals surface area contributed by atoms with E-state index < -0.39 is 37.5 Å². The molecule has 3 amide bonds. The fraction of sp³-hybridized carbons (Fsp3) is 0.500. The zero-order valence-corrected chi connectivity index (χ0v) is 24.2. The third-order valence-corrected chi connectivity index (χ3v) is 13.6. The number of halogens is 4. The first-order valence-electron chi connectivity index (χ1n) is 13.5. The van der Waals surface area contributed by atoms with E-state index in [9.17, 15) is 27.6 Å². The minimum Gasteiger partial charge on any atom is -0.166 e. The van der Waals surface area contributed by atoms with Crippen molar-refractivity contribution < 1.29 is 27.6 Å². The second-order valence-corrected chi connectivity index (χ2v) is 16.1. The van der Waals surface area contributed by atoms with E-state index in [-0.39, 0.29) is 34.0 Å². The molecular weight excluding hydrogens is 638 g/mol. The molecular formula is C28H33F3IN5O3. The number of nitrogens with zero attached hydrogens (tertiary/aromatic N) is 3. The molecule has 4 heterocycles. The van der Waals surface area contributed by atoms with Crippen LogP contribution >= 0.6 is 19.8 Å². The summed E-state index contributed by atoms with van der Waals surface area (Å²) in [6, 6.07) is 10.6. The van der Waals surface area contributed by atoms with E-state index in [4.69, 9.17) is 0 Å². The van der Waals surface area contributed by atoms with Gasteiger partial charge in [0, 0.05) is 0 Å². The molecule has 0 radical (unpaired) electrons. The Morgan fingerprint density at radius 3 is 2.45 bits per heavy atom. The van der Waals surface area contributed by atoms with Crippen molar-refractivity contribution in [2.45, 2.75) is 56.5 Å². The molecule has 3 fully saturated rings. The molecule has 2 N–H and O–H groups in total. The number of nitrogens with one attached hydrogen (secondary N) is 2. The minimum absolute atomic E-state index is 0.0798. The molecule has 3 aliphatic rings. The van der Waals surface area contributed by atoms with Gasteiger partial charge in [0.1, 0.15) is 0 Å². The Morgan fingerprint density at radius 2 is 1.73 bits per heavy atom. The second kappa shape index (κ2) is 12.4. The average molecular weight is 672 g/mol. The van der Waals surface area contributed by atoms with Gasteiger partial charge in [-0.05, 0) is 18.2 Å². The summed E-state index contributed by atoms with van der Waals surface area (Å²) in [7, 11) is 0. The first kappa shape index (κ1) is 28.8. The molecule has 2 atom stereocenters. The van der Waals surface area contributed by atoms with Gasteiger partial charge in [-0.25, -0.2) is 0 Å². The topological polar surface area (TPSA) is 94.6 Å². The van der Waals surface area contributed by atoms with E-state index in [1.54, 1.807) is 6.20 Å². The molecule has 1 aromatic carbocycles. The number of carbonyl (C=O) groups excluding carboxylic acids is 3. The van der Waals surface area contributed by atoms with Gasteiger partial charge >= 0.3 is 196 Å². The Kier molecular flexibility index (Phi) is 8.93. The second-order valence-electron chi connectivity index (χ2n) is 10.3. The van der Waals surface area contributed by atoms with Gasteiger partial charge < -0.3 is 0 Å². The van der Waals surface area contributed by atoms with E-state index in [0.29, 0.717) is 19.1 Å². The van der Waals surface area contributed by atoms with Crippen LogP contribution < -0.4 is 10.6 Å². The number of hydrogen-bond acceptors (Lipinski definition) is 5. The van der Waals surface area contributed by atoms with E-state index in [1.807, 2.05) is 23.1 Å². The number of fused-ring (bicyclic) bond motifs is 1. The number of alkyl halides is 5. The number of amides is 3. The molecule has 216 valence electrons. The number of hydrogen-bond donors (Lipinski definition) is 2. The normalized spacial score (nSPS) is 22.7. The van der Waals surface area contributed by atoms with Gasteiger partial charge in [-0.15, -0.1) is 0 Å². The predicted octanol–water partition coefficient (Wildman–Crippen LogP) is 4.08. The molecule has 3 saturated heterocycles. The van der Waals surface area contributed by atoms with Crippen LogP contribution in [0.2, 0.25) is 0 Å². The zero-order chi connectivity index (χ0) is 28.3. The standard InChI is InChI=1S/C28H33F3IN5O3/c29-28(30,31)20-5-3-4-19(16-20)26(39)34-18-25(38)37-15-10-23-24(37)9-14-36(23)22-7-11-32(12-8-22)27(40)35-17-21-6-1-2-13-33-21/h1-6,13,16,22-24H,7-12,14-15,17-18H2,(H,34,39)(H,35,40)/t23-,24-/m0/s1. The van der Waals surface area contributed by atoms with Crippen LogP contribution in [-0.4, -0.2) is 77.1 Å². The third-order valence-electron chi connectivity index (χ3n) is 7.98. The third kappa shape index (κ3) is 6.59. The molecule has 0 spiro atoms. The van der Waals surface area contributed by atoms with Crippen LogP contribution in [0, 0.1) is 0 Å². The van der Waals surface area contributed by atoms with E-state index >= 15 is 0 Å². The van der Waals surface area contributed by atoms with Gasteiger partial charge in [0.05, 0.1) is 5.56 Å². The molecule has 12 heteroatoms. The van der Waals surface area contributed by atoms with Crippen LogP contribution in [0.15, 0.2) is 48.7 Å². The van der Waals surface area contributed by atoms with Crippen molar-refractivity contribution in [2.24, 2.45) is 0 Å². The molecule has 3 aliphatic heterocycles. The molecule has 1 aromatic heterocycles. The number of rotatable bonds is 7. The summed E-state index contributed by atoms with van der Waals surface area (Å²) in [6.07, 6.45) is 0.920. The summed E-state index contributed by atoms with van der Waals surface area (Å²) in [5.41, 5.74) is -0.165. The van der Waals surface area contributed by atoms with Gasteiger partial charge in [0.25, 0.3) is 0 Å². The zero-order valence-electron chi connectivity index (χ0n) is 22.0. The van der Waals surface area contributed by atoms with Gasteiger partial charge in [-0.3, -0.25) is 0 Å². The summed E-state index contributed by atoms with van der Waals surface area (Å²) in [4.78, 5) is 46.8. The van der Waals surface area contributed by atoms with Crippen molar-refractivity contribution in [1.82, 2.24) is 25.4 Å². The first-order chi connectivity index (χ1) is 19.2. The van der Waals surface area contributed by atoms with Crippen molar-refractivity contribution in [3.8, 4) is 0 Å². The number of aromatic nitrogens is 1. The quantitative estimate of drug-likeness (QED) is 0.200. The summed E-state index contributed by atoms with van der Waals surface area (Å²) in [6.45, 7) is 1.73. The number of benzene rings is 1. The number of likely N-dealkylation sites (tertiary alicyclic amines) is 2. The molecule has 2 aromatic rings. The first-order valence-corrected chi connectivity index (χ1v) is 17.6. The van der Waals surface area contributed by atoms with Crippen LogP contribution in [0.3, 0.4) is 0 Å². The van der Waals surface area contributed by atoms with Crippen LogP contribution in [0.4, 0.5) is 18.0 Å². The predicted molar refractivity (Wildman–Crippen MR) is 152 cm³/mol. The summed E-state index contributed by atoms with van der Waals surface area (Å²) < 4.78 is 41.1. The fourth-order valence-electron chi connectivity index (χ4n) is 5.99. The molecule has 0 unspecified atom stereocenters. The Labute approximate surface area is 238 Å². The van der Waals surface area contributed by atoms with Gasteiger partial charge in [-0.1, -0.05) is 6.07 Å². The van der Waals surface area contributed by atoms with E-state index in [1.165, 1.54) is 12.1 Å². The molecule has 0 bridgehead atoms. The molecule has 8 nitrogen and oxygen atoms in total. The summed E-state index contributed by atoms with van der Waals surface area (Å²) in [5.74, 6) is -0.912. The molecule has 0 saturated carbocycles. The Hall–Kier alpha value is -2.74. The fourth-order valence-corrected chi connectivity index (χ4v) is 11.2. The van der Waals surface area contributed by atoms with Crippen molar-refractivity contribution in [3.05, 3.63) is 65.5 Å². The summed E-state index contributed by atoms with van der Waals surface area (Å²) in [5, 5.41) is 5.58. The van der Waals surface area contributed by atoms with Gasteiger partial charge in [-0.2, -0.15) is 13.2 Å². The van der Waals surface area contributed by atoms with Gasteiger partial charge in [0.15, 0.2) is 0 Å². The van der Waals surface area contributed by atoms with Crippen LogP contribution in [0.25, 0.3) is 0 Å². The van der Waals surface area contributed by atoms with Crippen molar-refractivity contribution >= 4 is 35.5 Å². The van der Waals surface area contributed by atoms with Crippen LogP contribution in [0.1, 0.15) is 47.3 Å². The smallest absolute Gasteiger partial charge is 0.166 e. The van der Waals surface area contributed by atoms with E-state index in [0.717, 1.165) is 58.9 Å². The molecule has 5 rings (SSSR count). The van der Waals surface area contributed by atoms with Crippen molar-refractivity contribution in [1.29, 1.82) is 0 Å². The number of pyridine rings is 1. The Balaban J connectivity index is 1.08. The number of carbonyl (C=O) groups is 3. The van der Waals surface area contributed by atoms with Crippen molar-refractivity contribution in [3.63, 3.8) is 0 Å². The summed E-state index contributed by atoms with van der Waals surface area (Å²) >= 11 is -1.73. The minimum atomic E-state index is -4.54. The maximum absolute atomic E-state index is 13.0. The van der Waals surface area contributed by atoms with Crippen LogP contribution in [0.5, 0.6) is 0 Å². The van der Waals surface area contributed by atoms with E-state index in [2.05, 4.69) is 20.5 Å². The average Bonchev–Trinajstić information content (AvgIpc) is 3.57. The van der Waals surface area contributed by atoms with Gasteiger partial charge in [0.2, 0.25) is 0 Å². The SMILES string of the molecule is O=C(NCC(=O)N1CC[C@H]2[C@@H]1CCN2C1CCI(C(=O)NCc2ccccn2)CC1)c1cccc(C(F)(F)F)c1. The maximum atomic E-state index is 13.0. The van der Waals surface area contributed by atoms with Crippen LogP contribution in [-0.2, 0) is 17.5 Å². The Morgan fingerprint density at radius 1 is 0.950 bits per heavy atom. The van der Waals surface area contributed by atoms with Crippen molar-refractivity contribution in [2.75, 3.05) is 28.5 Å². The molecule has 40 heavy (non-hydrogen) atoms.